The van der Waals surface area contributed by atoms with Crippen LogP contribution in [0.2, 0.25) is 0 Å². The van der Waals surface area contributed by atoms with Gasteiger partial charge in [0.05, 0.1) is 0 Å². The number of nitrogens with zero attached hydrogens (tertiary/aromatic N) is 1. The Balaban J connectivity index is 1.98. The van der Waals surface area contributed by atoms with Crippen LogP contribution in [0.1, 0.15) is 55.5 Å². The maximum atomic E-state index is 12.7. The minimum Gasteiger partial charge on any atom is -0.396 e. The monoisotopic (exact) mass is 361 g/mol. The van der Waals surface area contributed by atoms with Crippen LogP contribution in [0.3, 0.4) is 0 Å². The molecule has 1 fully saturated rings. The molecule has 0 bridgehead atoms. The van der Waals surface area contributed by atoms with Crippen molar-refractivity contribution in [3.8, 4) is 0 Å². The zero-order valence-corrected chi connectivity index (χ0v) is 16.0. The van der Waals surface area contributed by atoms with Crippen LogP contribution in [0.15, 0.2) is 18.2 Å². The van der Waals surface area contributed by atoms with E-state index in [1.807, 2.05) is 24.8 Å². The first-order valence-electron chi connectivity index (χ1n) is 9.52. The number of likely N-dealkylation sites (tertiary alicyclic amines) is 1. The number of benzene rings is 1. The number of aliphatic hydroxyl groups excluding tert-OH is 1. The van der Waals surface area contributed by atoms with E-state index in [1.165, 1.54) is 0 Å². The lowest BCUT2D eigenvalue weighted by molar-refractivity contribution is 0.0697. The number of piperidine rings is 1. The van der Waals surface area contributed by atoms with E-state index < -0.39 is 0 Å². The molecule has 1 aliphatic heterocycles. The van der Waals surface area contributed by atoms with Crippen LogP contribution >= 0.6 is 0 Å². The Bertz CT molecular complexity index is 625. The summed E-state index contributed by atoms with van der Waals surface area (Å²) in [6.45, 7) is 7.74. The molecule has 26 heavy (non-hydrogen) atoms. The van der Waals surface area contributed by atoms with Crippen molar-refractivity contribution < 1.29 is 14.7 Å². The molecule has 1 unspecified atom stereocenters. The third-order valence-electron chi connectivity index (χ3n) is 5.10. The highest BCUT2D eigenvalue weighted by molar-refractivity contribution is 5.96. The average molecular weight is 361 g/mol. The lowest BCUT2D eigenvalue weighted by Crippen LogP contribution is -2.38. The molecule has 1 aromatic rings. The molecule has 0 aliphatic carbocycles. The fraction of sp³-hybridized carbons (Fsp3) is 0.600. The normalized spacial score (nSPS) is 16.2. The number of hydrogen-bond donors (Lipinski definition) is 3. The SMILES string of the molecule is CCC(CCO)NC(=O)Nc1ccc(C(=O)N2CCC(C)CC2)cc1C. The molecule has 1 atom stereocenters. The van der Waals surface area contributed by atoms with Gasteiger partial charge < -0.3 is 20.6 Å². The second-order valence-electron chi connectivity index (χ2n) is 7.22. The highest BCUT2D eigenvalue weighted by Gasteiger charge is 2.22. The maximum absolute atomic E-state index is 12.7. The largest absolute Gasteiger partial charge is 0.396 e. The van der Waals surface area contributed by atoms with Crippen molar-refractivity contribution in [1.82, 2.24) is 10.2 Å². The highest BCUT2D eigenvalue weighted by atomic mass is 16.3. The van der Waals surface area contributed by atoms with Crippen molar-refractivity contribution in [1.29, 1.82) is 0 Å². The van der Waals surface area contributed by atoms with Gasteiger partial charge in [-0.15, -0.1) is 0 Å². The van der Waals surface area contributed by atoms with Crippen molar-refractivity contribution >= 4 is 17.6 Å². The van der Waals surface area contributed by atoms with E-state index in [0.717, 1.165) is 37.9 Å². The van der Waals surface area contributed by atoms with Gasteiger partial charge in [0.25, 0.3) is 5.91 Å². The van der Waals surface area contributed by atoms with Crippen molar-refractivity contribution in [3.05, 3.63) is 29.3 Å². The van der Waals surface area contributed by atoms with Gasteiger partial charge in [0, 0.05) is 37.0 Å². The van der Waals surface area contributed by atoms with E-state index in [-0.39, 0.29) is 24.6 Å². The van der Waals surface area contributed by atoms with Gasteiger partial charge in [0.1, 0.15) is 0 Å². The molecule has 6 heteroatoms. The minimum atomic E-state index is -0.294. The Morgan fingerprint density at radius 1 is 1.31 bits per heavy atom. The molecular formula is C20H31N3O3. The van der Waals surface area contributed by atoms with E-state index in [1.54, 1.807) is 12.1 Å². The van der Waals surface area contributed by atoms with Crippen LogP contribution in [-0.4, -0.2) is 47.7 Å². The predicted octanol–water partition coefficient (Wildman–Crippen LogP) is 3.15. The summed E-state index contributed by atoms with van der Waals surface area (Å²) in [4.78, 5) is 26.7. The van der Waals surface area contributed by atoms with Gasteiger partial charge in [-0.05, 0) is 62.3 Å². The molecule has 144 valence electrons. The summed E-state index contributed by atoms with van der Waals surface area (Å²) in [6.07, 6.45) is 3.40. The van der Waals surface area contributed by atoms with Crippen molar-refractivity contribution in [2.24, 2.45) is 5.92 Å². The Hall–Kier alpha value is -2.08. The molecule has 1 aliphatic rings. The number of nitrogens with one attached hydrogen (secondary N) is 2. The molecule has 3 amide bonds. The fourth-order valence-corrected chi connectivity index (χ4v) is 3.21. The highest BCUT2D eigenvalue weighted by Crippen LogP contribution is 2.21. The van der Waals surface area contributed by atoms with Crippen molar-refractivity contribution in [2.75, 3.05) is 25.0 Å². The van der Waals surface area contributed by atoms with Gasteiger partial charge in [-0.25, -0.2) is 4.79 Å². The number of anilines is 1. The third kappa shape index (κ3) is 5.46. The molecule has 0 spiro atoms. The number of aliphatic hydroxyl groups is 1. The van der Waals surface area contributed by atoms with Crippen molar-refractivity contribution in [3.63, 3.8) is 0 Å². The smallest absolute Gasteiger partial charge is 0.319 e. The standard InChI is InChI=1S/C20H31N3O3/c1-4-17(9-12-24)21-20(26)22-18-6-5-16(13-15(18)3)19(25)23-10-7-14(2)8-11-23/h5-6,13-14,17,24H,4,7-12H2,1-3H3,(H2,21,22,26). The van der Waals surface area contributed by atoms with Crippen LogP contribution in [-0.2, 0) is 0 Å². The first kappa shape index (κ1) is 20.2. The van der Waals surface area contributed by atoms with Crippen LogP contribution in [0.25, 0.3) is 0 Å². The fourth-order valence-electron chi connectivity index (χ4n) is 3.21. The van der Waals surface area contributed by atoms with Crippen LogP contribution in [0.4, 0.5) is 10.5 Å². The summed E-state index contributed by atoms with van der Waals surface area (Å²) in [6, 6.07) is 5.04. The first-order chi connectivity index (χ1) is 12.4. The second-order valence-corrected chi connectivity index (χ2v) is 7.22. The van der Waals surface area contributed by atoms with E-state index in [4.69, 9.17) is 5.11 Å². The molecule has 1 heterocycles. The molecule has 6 nitrogen and oxygen atoms in total. The topological polar surface area (TPSA) is 81.7 Å². The Morgan fingerprint density at radius 3 is 2.58 bits per heavy atom. The van der Waals surface area contributed by atoms with Gasteiger partial charge in [0.2, 0.25) is 0 Å². The number of amides is 3. The Morgan fingerprint density at radius 2 is 2.00 bits per heavy atom. The van der Waals surface area contributed by atoms with Gasteiger partial charge in [-0.2, -0.15) is 0 Å². The summed E-state index contributed by atoms with van der Waals surface area (Å²) >= 11 is 0. The molecule has 2 rings (SSSR count). The summed E-state index contributed by atoms with van der Waals surface area (Å²) in [7, 11) is 0. The average Bonchev–Trinajstić information content (AvgIpc) is 2.63. The van der Waals surface area contributed by atoms with Gasteiger partial charge in [-0.3, -0.25) is 4.79 Å². The lowest BCUT2D eigenvalue weighted by Gasteiger charge is -2.30. The third-order valence-corrected chi connectivity index (χ3v) is 5.10. The number of hydrogen-bond acceptors (Lipinski definition) is 3. The molecule has 0 saturated carbocycles. The Kier molecular flexibility index (Phi) is 7.45. The van der Waals surface area contributed by atoms with Crippen molar-refractivity contribution in [2.45, 2.75) is 52.5 Å². The number of aryl methyl sites for hydroxylation is 1. The molecule has 1 aromatic carbocycles. The molecule has 3 N–H and O–H groups in total. The molecule has 0 aromatic heterocycles. The summed E-state index contributed by atoms with van der Waals surface area (Å²) < 4.78 is 0. The minimum absolute atomic E-state index is 0.0455. The zero-order valence-electron chi connectivity index (χ0n) is 16.0. The summed E-state index contributed by atoms with van der Waals surface area (Å²) in [5, 5.41) is 14.7. The first-order valence-corrected chi connectivity index (χ1v) is 9.52. The number of carbonyl (C=O) groups is 2. The maximum Gasteiger partial charge on any atom is 0.319 e. The van der Waals surface area contributed by atoms with Gasteiger partial charge in [-0.1, -0.05) is 13.8 Å². The van der Waals surface area contributed by atoms with E-state index in [9.17, 15) is 9.59 Å². The second kappa shape index (κ2) is 9.57. The number of rotatable bonds is 6. The quantitative estimate of drug-likeness (QED) is 0.728. The van der Waals surface area contributed by atoms with E-state index in [2.05, 4.69) is 17.6 Å². The number of urea groups is 1. The molecule has 1 saturated heterocycles. The van der Waals surface area contributed by atoms with Crippen LogP contribution in [0.5, 0.6) is 0 Å². The van der Waals surface area contributed by atoms with E-state index in [0.29, 0.717) is 23.6 Å². The van der Waals surface area contributed by atoms with Crippen LogP contribution < -0.4 is 10.6 Å². The molecule has 0 radical (unpaired) electrons. The number of carbonyl (C=O) groups excluding carboxylic acids is 2. The summed E-state index contributed by atoms with van der Waals surface area (Å²) in [5.74, 6) is 0.744. The predicted molar refractivity (Wildman–Crippen MR) is 103 cm³/mol. The van der Waals surface area contributed by atoms with Crippen LogP contribution in [0, 0.1) is 12.8 Å². The van der Waals surface area contributed by atoms with Gasteiger partial charge in [0.15, 0.2) is 0 Å². The molecular weight excluding hydrogens is 330 g/mol. The van der Waals surface area contributed by atoms with Gasteiger partial charge >= 0.3 is 6.03 Å². The Labute approximate surface area is 156 Å². The zero-order chi connectivity index (χ0) is 19.1. The van der Waals surface area contributed by atoms with E-state index >= 15 is 0 Å². The lowest BCUT2D eigenvalue weighted by atomic mass is 9.98. The summed E-state index contributed by atoms with van der Waals surface area (Å²) in [5.41, 5.74) is 2.20.